The van der Waals surface area contributed by atoms with Crippen LogP contribution in [0.25, 0.3) is 43.8 Å². The summed E-state index contributed by atoms with van der Waals surface area (Å²) in [6.45, 7) is 17.6. The maximum Gasteiger partial charge on any atom is 0.410 e. The first-order valence-corrected chi connectivity index (χ1v) is 49.9. The number of H-pyrrole nitrogens is 3. The highest BCUT2D eigenvalue weighted by atomic mass is 35.5. The molecule has 2 fully saturated rings. The Morgan fingerprint density at radius 1 is 0.500 bits per heavy atom. The largest absolute Gasteiger partial charge is 0.494 e. The number of rotatable bonds is 33. The van der Waals surface area contributed by atoms with E-state index in [0.29, 0.717) is 170 Å². The third-order valence-electron chi connectivity index (χ3n) is 23.5. The van der Waals surface area contributed by atoms with Gasteiger partial charge in [-0.25, -0.2) is 44.2 Å². The molecule has 7 aromatic carbocycles. The number of aliphatic hydroxyl groups is 1. The Hall–Kier alpha value is -11.4. The molecule has 0 atom stereocenters. The number of carbonyl (C=O) groups excluding carboxylic acids is 6. The van der Waals surface area contributed by atoms with Crippen molar-refractivity contribution in [3.8, 4) is 28.4 Å². The van der Waals surface area contributed by atoms with Crippen molar-refractivity contribution in [1.82, 2.24) is 58.6 Å². The lowest BCUT2D eigenvalue weighted by Gasteiger charge is -2.31. The van der Waals surface area contributed by atoms with Crippen LogP contribution in [-0.2, 0) is 86.2 Å². The Bertz CT molecular complexity index is 6540. The summed E-state index contributed by atoms with van der Waals surface area (Å²) in [5, 5.41) is 22.1. The molecular weight excluding hydrogens is 1830 g/mol. The number of benzene rings is 7. The predicted octanol–water partition coefficient (Wildman–Crippen LogP) is 16.5. The molecule has 2 aliphatic heterocycles. The summed E-state index contributed by atoms with van der Waals surface area (Å²) in [7, 11) is -8.45. The molecule has 702 valence electrons. The third-order valence-corrected chi connectivity index (χ3v) is 29.6. The van der Waals surface area contributed by atoms with Crippen molar-refractivity contribution in [2.75, 3.05) is 69.8 Å². The van der Waals surface area contributed by atoms with E-state index in [1.807, 2.05) is 164 Å². The number of para-hydroxylation sites is 2. The number of aromatic nitrogens is 6. The molecule has 36 heteroatoms. The number of ether oxygens (including phenoxy) is 4. The van der Waals surface area contributed by atoms with Gasteiger partial charge in [0, 0.05) is 124 Å². The lowest BCUT2D eigenvalue weighted by molar-refractivity contribution is -0.130. The molecule has 7 heterocycles. The fourth-order valence-electron chi connectivity index (χ4n) is 16.6. The van der Waals surface area contributed by atoms with Crippen molar-refractivity contribution in [3.05, 3.63) is 256 Å². The number of halogens is 4. The van der Waals surface area contributed by atoms with Crippen molar-refractivity contribution in [1.29, 1.82) is 0 Å². The Morgan fingerprint density at radius 3 is 1.43 bits per heavy atom. The van der Waals surface area contributed by atoms with Crippen LogP contribution in [0.1, 0.15) is 161 Å². The minimum atomic E-state index is -4.13. The van der Waals surface area contributed by atoms with Crippen LogP contribution in [0.4, 0.5) is 4.79 Å². The molecule has 2 saturated heterocycles. The smallest absolute Gasteiger partial charge is 0.410 e. The molecule has 132 heavy (non-hydrogen) atoms. The topological polar surface area (TPSA) is 387 Å². The van der Waals surface area contributed by atoms with Crippen molar-refractivity contribution < 1.29 is 78.1 Å². The van der Waals surface area contributed by atoms with Crippen LogP contribution in [0.2, 0.25) is 20.1 Å². The van der Waals surface area contributed by atoms with Crippen LogP contribution in [-0.4, -0.2) is 175 Å². The number of aryl methyl sites for hydroxylation is 11. The Balaban J connectivity index is 0.000000180. The maximum atomic E-state index is 13.7. The zero-order chi connectivity index (χ0) is 95.0. The number of nitrogens with zero attached hydrogens (tertiary/aromatic N) is 5. The monoisotopic (exact) mass is 1940 g/mol. The molecule has 6 amide bonds. The van der Waals surface area contributed by atoms with Crippen molar-refractivity contribution in [3.63, 3.8) is 0 Å². The lowest BCUT2D eigenvalue weighted by atomic mass is 9.98. The van der Waals surface area contributed by atoms with Gasteiger partial charge in [0.05, 0.1) is 54.9 Å². The van der Waals surface area contributed by atoms with Gasteiger partial charge in [0.1, 0.15) is 46.6 Å². The van der Waals surface area contributed by atoms with E-state index in [4.69, 9.17) is 65.4 Å². The highest BCUT2D eigenvalue weighted by molar-refractivity contribution is 7.90. The fraction of sp³-hybridized carbons (Fsp3) is 0.365. The molecule has 0 bridgehead atoms. The number of carbonyl (C=O) groups is 6. The summed E-state index contributed by atoms with van der Waals surface area (Å²) in [6.07, 6.45) is 6.56. The van der Waals surface area contributed by atoms with E-state index in [9.17, 15) is 59.1 Å². The predicted molar refractivity (Wildman–Crippen MR) is 514 cm³/mol. The van der Waals surface area contributed by atoms with Gasteiger partial charge < -0.3 is 58.7 Å². The number of aromatic amines is 3. The van der Waals surface area contributed by atoms with E-state index in [2.05, 4.69) is 39.5 Å². The normalized spacial score (nSPS) is 13.3. The Morgan fingerprint density at radius 2 is 0.947 bits per heavy atom. The molecule has 29 nitrogen and oxygen atoms in total. The van der Waals surface area contributed by atoms with E-state index in [1.165, 1.54) is 6.92 Å². The van der Waals surface area contributed by atoms with Crippen LogP contribution in [0.15, 0.2) is 146 Å². The standard InChI is InChI=1S/C34H37Cl2N3O6S.C34H39ClN6O6S.C28H34ClN3O5S/c1-22-17-27(18-23(2)31(22)36)44-16-6-9-29-28-11-10-26(35)19-30(28)37-32(29)33(40)38-46(42,43)21-25-12-14-39(15-13-25)34(41)45-20-24-7-4-3-5-8-24;1-20-17-23(18-21(2)30(20)35)47-15-8-11-25-24-9-6-10-26(29-22(3)41(5)38-27(29)19-42)31(24)37-32(25)34(44)39-48(45,46)16-13-36-33(43)28-12-7-14-40(28)4;1-18-15-22(16-19(2)26(18)29)37-14-6-8-24-23-7-4-5-9-25(23)30-27(24)28(34)31-38(35,36)17-21-10-12-32(13-11-21)20(3)33/h3-5,7-8,10-11,17-19,25,37H,6,9,12-16,20-21H2,1-2H3,(H,38,40);6-7,9-10,12,14,17-18,37,42H,8,11,13,15-16,19H2,1-5H3,(H,36,43)(H,39,44);4-5,7,9,15-16,21,30H,6,8,10-14,17H2,1-3H3,(H,31,34). The average Bonchev–Trinajstić information content (AvgIpc) is 1.60. The van der Waals surface area contributed by atoms with Gasteiger partial charge in [0.2, 0.25) is 36.0 Å². The number of hydrogen-bond acceptors (Lipinski definition) is 18. The molecule has 5 aromatic heterocycles. The van der Waals surface area contributed by atoms with Crippen LogP contribution in [0.5, 0.6) is 17.2 Å². The Kier molecular flexibility index (Phi) is 33.6. The van der Waals surface area contributed by atoms with E-state index >= 15 is 0 Å². The maximum absolute atomic E-state index is 13.7. The second-order valence-corrected chi connectivity index (χ2v) is 40.4. The molecule has 12 aromatic rings. The van der Waals surface area contributed by atoms with Gasteiger partial charge in [0.25, 0.3) is 23.6 Å². The summed E-state index contributed by atoms with van der Waals surface area (Å²) >= 11 is 25.0. The number of amides is 6. The quantitative estimate of drug-likeness (QED) is 0.0177. The molecule has 2 aliphatic rings. The van der Waals surface area contributed by atoms with E-state index in [0.717, 1.165) is 93.8 Å². The first-order valence-electron chi connectivity index (χ1n) is 43.4. The lowest BCUT2D eigenvalue weighted by Crippen LogP contribution is -2.42. The van der Waals surface area contributed by atoms with Gasteiger partial charge in [-0.3, -0.25) is 28.7 Å². The van der Waals surface area contributed by atoms with E-state index < -0.39 is 65.5 Å². The first kappa shape index (κ1) is 99.6. The number of aliphatic hydroxyl groups excluding tert-OH is 1. The Labute approximate surface area is 788 Å². The third kappa shape index (κ3) is 25.7. The molecule has 0 spiro atoms. The van der Waals surface area contributed by atoms with E-state index in [-0.39, 0.29) is 66.1 Å². The van der Waals surface area contributed by atoms with Crippen molar-refractivity contribution >= 4 is 145 Å². The fourth-order valence-corrected chi connectivity index (χ4v) is 20.8. The van der Waals surface area contributed by atoms with Crippen LogP contribution in [0.3, 0.4) is 0 Å². The SMILES string of the molecule is CC(=O)N1CCC(CS(=O)(=O)NC(=O)c2[nH]c3ccccc3c2CCCOc2cc(C)c(Cl)c(C)c2)CC1.Cc1cc(OCCCc2c(C(=O)NS(=O)(=O)CC3CCN(C(=O)OCc4ccccc4)CC3)[nH]c3cc(Cl)ccc23)cc(C)c1Cl.Cc1cc(OCCCc2c(C(=O)NS(=O)(=O)CCNC(=O)c3cccn3C)[nH]c3c(-c4c(CO)nn(C)c4C)cccc23)cc(C)c1Cl. The number of likely N-dealkylation sites (tertiary alicyclic amines) is 2. The summed E-state index contributed by atoms with van der Waals surface area (Å²) in [6, 6.07) is 42.4. The summed E-state index contributed by atoms with van der Waals surface area (Å²) < 4.78 is 111. The molecule has 8 N–H and O–H groups in total. The summed E-state index contributed by atoms with van der Waals surface area (Å²) in [4.78, 5) is 89.4. The average molecular weight is 1940 g/mol. The van der Waals surface area contributed by atoms with Crippen LogP contribution < -0.4 is 33.7 Å². The molecular formula is C96H110Cl4N12O17S3. The second-order valence-electron chi connectivity index (χ2n) is 33.4. The molecule has 0 unspecified atom stereocenters. The highest BCUT2D eigenvalue weighted by Gasteiger charge is 2.33. The first-order chi connectivity index (χ1) is 62.8. The number of piperidine rings is 2. The van der Waals surface area contributed by atoms with Crippen LogP contribution >= 0.6 is 46.4 Å². The zero-order valence-corrected chi connectivity index (χ0v) is 80.7. The number of nitrogens with one attached hydrogen (secondary N) is 7. The van der Waals surface area contributed by atoms with Gasteiger partial charge in [-0.1, -0.05) is 119 Å². The summed E-state index contributed by atoms with van der Waals surface area (Å²) in [5.41, 5.74) is 14.2. The van der Waals surface area contributed by atoms with Crippen LogP contribution in [0, 0.1) is 60.3 Å². The number of sulfonamides is 3. The molecule has 14 rings (SSSR count). The van der Waals surface area contributed by atoms with Gasteiger partial charge in [-0.15, -0.1) is 0 Å². The van der Waals surface area contributed by atoms with Gasteiger partial charge in [0.15, 0.2) is 0 Å². The second kappa shape index (κ2) is 44.5. The minimum absolute atomic E-state index is 0.00487. The van der Waals surface area contributed by atoms with Gasteiger partial charge in [-0.05, 0) is 247 Å². The number of fused-ring (bicyclic) bond motifs is 3. The van der Waals surface area contributed by atoms with Crippen molar-refractivity contribution in [2.24, 2.45) is 25.9 Å². The molecule has 0 saturated carbocycles. The molecule has 0 aliphatic carbocycles. The minimum Gasteiger partial charge on any atom is -0.494 e. The van der Waals surface area contributed by atoms with Crippen molar-refractivity contribution in [2.45, 2.75) is 133 Å². The summed E-state index contributed by atoms with van der Waals surface area (Å²) in [5.74, 6) is -1.69. The zero-order valence-electron chi connectivity index (χ0n) is 75.2. The van der Waals surface area contributed by atoms with E-state index in [1.54, 1.807) is 63.6 Å². The van der Waals surface area contributed by atoms with Gasteiger partial charge in [-0.2, -0.15) is 5.10 Å². The van der Waals surface area contributed by atoms with Gasteiger partial charge >= 0.3 is 6.09 Å². The number of hydrogen-bond donors (Lipinski definition) is 8. The highest BCUT2D eigenvalue weighted by Crippen LogP contribution is 2.38. The molecule has 0 radical (unpaired) electrons.